The number of piperidine rings is 1. The zero-order valence-electron chi connectivity index (χ0n) is 9.15. The van der Waals surface area contributed by atoms with Crippen molar-refractivity contribution in [3.05, 3.63) is 0 Å². The first-order chi connectivity index (χ1) is 7.10. The summed E-state index contributed by atoms with van der Waals surface area (Å²) in [5.74, 6) is 0.266. The molecule has 0 aromatic heterocycles. The van der Waals surface area contributed by atoms with Crippen LogP contribution in [0.5, 0.6) is 0 Å². The van der Waals surface area contributed by atoms with Gasteiger partial charge in [-0.2, -0.15) is 12.7 Å². The Labute approximate surface area is 91.7 Å². The molecule has 1 aliphatic heterocycles. The molecular formula is C9H20N2O3S. The van der Waals surface area contributed by atoms with E-state index in [0.717, 1.165) is 19.3 Å². The lowest BCUT2D eigenvalue weighted by Gasteiger charge is -2.30. The molecule has 15 heavy (non-hydrogen) atoms. The molecule has 0 aromatic carbocycles. The summed E-state index contributed by atoms with van der Waals surface area (Å²) in [5, 5.41) is 8.94. The summed E-state index contributed by atoms with van der Waals surface area (Å²) in [4.78, 5) is 0. The Balaban J connectivity index is 2.45. The molecular weight excluding hydrogens is 216 g/mol. The van der Waals surface area contributed by atoms with Gasteiger partial charge in [-0.25, -0.2) is 4.72 Å². The molecule has 1 fully saturated rings. The van der Waals surface area contributed by atoms with E-state index in [4.69, 9.17) is 5.11 Å². The predicted octanol–water partition coefficient (Wildman–Crippen LogP) is -0.0649. The van der Waals surface area contributed by atoms with Crippen LogP contribution in [0.2, 0.25) is 0 Å². The molecule has 0 atom stereocenters. The van der Waals surface area contributed by atoms with E-state index in [1.807, 2.05) is 6.92 Å². The monoisotopic (exact) mass is 236 g/mol. The van der Waals surface area contributed by atoms with Crippen LogP contribution in [0.4, 0.5) is 0 Å². The zero-order chi connectivity index (χ0) is 11.3. The number of nitrogens with one attached hydrogen (secondary N) is 1. The fourth-order valence-corrected chi connectivity index (χ4v) is 2.99. The van der Waals surface area contributed by atoms with E-state index in [2.05, 4.69) is 4.72 Å². The third kappa shape index (κ3) is 3.71. The quantitative estimate of drug-likeness (QED) is 0.702. The minimum absolute atomic E-state index is 0.163. The van der Waals surface area contributed by atoms with Crippen LogP contribution in [0.3, 0.4) is 0 Å². The third-order valence-corrected chi connectivity index (χ3v) is 4.32. The first kappa shape index (κ1) is 12.9. The Morgan fingerprint density at radius 3 is 2.47 bits per heavy atom. The number of aliphatic hydroxyl groups excluding tert-OH is 1. The van der Waals surface area contributed by atoms with Crippen LogP contribution in [0.15, 0.2) is 0 Å². The lowest BCUT2D eigenvalue weighted by molar-refractivity contribution is 0.169. The van der Waals surface area contributed by atoms with Crippen molar-refractivity contribution in [2.75, 3.05) is 26.2 Å². The fraction of sp³-hybridized carbons (Fsp3) is 1.00. The van der Waals surface area contributed by atoms with Gasteiger partial charge in [-0.1, -0.05) is 6.92 Å². The summed E-state index contributed by atoms with van der Waals surface area (Å²) in [7, 11) is -3.28. The Bertz CT molecular complexity index is 271. The molecule has 1 rings (SSSR count). The Hall–Kier alpha value is -0.170. The summed E-state index contributed by atoms with van der Waals surface area (Å²) >= 11 is 0. The number of rotatable bonds is 5. The van der Waals surface area contributed by atoms with Crippen molar-refractivity contribution in [3.8, 4) is 0 Å². The van der Waals surface area contributed by atoms with Crippen LogP contribution in [-0.4, -0.2) is 44.1 Å². The molecule has 0 amide bonds. The highest BCUT2D eigenvalue weighted by molar-refractivity contribution is 7.87. The van der Waals surface area contributed by atoms with Gasteiger partial charge in [-0.15, -0.1) is 0 Å². The van der Waals surface area contributed by atoms with E-state index in [-0.39, 0.29) is 12.5 Å². The smallest absolute Gasteiger partial charge is 0.279 e. The minimum atomic E-state index is -3.28. The summed E-state index contributed by atoms with van der Waals surface area (Å²) < 4.78 is 27.4. The number of hydrogen-bond donors (Lipinski definition) is 2. The summed E-state index contributed by atoms with van der Waals surface area (Å²) in [6.45, 7) is 3.62. The topological polar surface area (TPSA) is 69.6 Å². The standard InChI is InChI=1S/C9H20N2O3S/c1-2-5-10-15(13,14)11-6-3-9(8-12)4-7-11/h9-10,12H,2-8H2,1H3. The lowest BCUT2D eigenvalue weighted by Crippen LogP contribution is -2.45. The van der Waals surface area contributed by atoms with Crippen molar-refractivity contribution in [2.45, 2.75) is 26.2 Å². The predicted molar refractivity (Wildman–Crippen MR) is 58.6 cm³/mol. The van der Waals surface area contributed by atoms with Crippen LogP contribution >= 0.6 is 0 Å². The van der Waals surface area contributed by atoms with Gasteiger partial charge in [0.15, 0.2) is 0 Å². The van der Waals surface area contributed by atoms with E-state index in [9.17, 15) is 8.42 Å². The fourth-order valence-electron chi connectivity index (χ4n) is 1.65. The number of hydrogen-bond acceptors (Lipinski definition) is 3. The van der Waals surface area contributed by atoms with Gasteiger partial charge in [0, 0.05) is 26.2 Å². The molecule has 5 nitrogen and oxygen atoms in total. The molecule has 0 aliphatic carbocycles. The van der Waals surface area contributed by atoms with Crippen LogP contribution in [0, 0.1) is 5.92 Å². The van der Waals surface area contributed by atoms with E-state index < -0.39 is 10.2 Å². The van der Waals surface area contributed by atoms with Crippen molar-refractivity contribution >= 4 is 10.2 Å². The first-order valence-corrected chi connectivity index (χ1v) is 6.89. The van der Waals surface area contributed by atoms with Crippen LogP contribution in [0.1, 0.15) is 26.2 Å². The third-order valence-electron chi connectivity index (χ3n) is 2.71. The maximum atomic E-state index is 11.7. The second-order valence-electron chi connectivity index (χ2n) is 3.92. The Morgan fingerprint density at radius 1 is 1.40 bits per heavy atom. The van der Waals surface area contributed by atoms with Crippen LogP contribution in [0.25, 0.3) is 0 Å². The van der Waals surface area contributed by atoms with Crippen molar-refractivity contribution in [1.82, 2.24) is 9.03 Å². The molecule has 90 valence electrons. The van der Waals surface area contributed by atoms with Gasteiger partial charge in [-0.3, -0.25) is 0 Å². The highest BCUT2D eigenvalue weighted by Crippen LogP contribution is 2.18. The van der Waals surface area contributed by atoms with Crippen molar-refractivity contribution in [3.63, 3.8) is 0 Å². The second kappa shape index (κ2) is 5.79. The molecule has 1 aliphatic rings. The highest BCUT2D eigenvalue weighted by atomic mass is 32.2. The van der Waals surface area contributed by atoms with Gasteiger partial charge in [-0.05, 0) is 25.2 Å². The second-order valence-corrected chi connectivity index (χ2v) is 5.68. The largest absolute Gasteiger partial charge is 0.396 e. The van der Waals surface area contributed by atoms with E-state index in [0.29, 0.717) is 19.6 Å². The molecule has 0 radical (unpaired) electrons. The normalized spacial score (nSPS) is 20.7. The van der Waals surface area contributed by atoms with E-state index in [1.165, 1.54) is 4.31 Å². The molecule has 0 saturated carbocycles. The van der Waals surface area contributed by atoms with Crippen molar-refractivity contribution in [2.24, 2.45) is 5.92 Å². The highest BCUT2D eigenvalue weighted by Gasteiger charge is 2.26. The summed E-state index contributed by atoms with van der Waals surface area (Å²) in [6, 6.07) is 0. The van der Waals surface area contributed by atoms with Crippen LogP contribution in [-0.2, 0) is 10.2 Å². The average molecular weight is 236 g/mol. The van der Waals surface area contributed by atoms with E-state index >= 15 is 0 Å². The maximum absolute atomic E-state index is 11.7. The van der Waals surface area contributed by atoms with Gasteiger partial charge in [0.05, 0.1) is 0 Å². The van der Waals surface area contributed by atoms with Crippen LogP contribution < -0.4 is 4.72 Å². The molecule has 6 heteroatoms. The lowest BCUT2D eigenvalue weighted by atomic mass is 10.00. The van der Waals surface area contributed by atoms with Gasteiger partial charge in [0.2, 0.25) is 0 Å². The SMILES string of the molecule is CCCNS(=O)(=O)N1CCC(CO)CC1. The average Bonchev–Trinajstić information content (AvgIpc) is 2.26. The van der Waals surface area contributed by atoms with Crippen molar-refractivity contribution in [1.29, 1.82) is 0 Å². The van der Waals surface area contributed by atoms with Crippen molar-refractivity contribution < 1.29 is 13.5 Å². The molecule has 1 saturated heterocycles. The van der Waals surface area contributed by atoms with E-state index in [1.54, 1.807) is 0 Å². The molecule has 0 bridgehead atoms. The van der Waals surface area contributed by atoms with Gasteiger partial charge in [0.25, 0.3) is 10.2 Å². The number of aliphatic hydroxyl groups is 1. The van der Waals surface area contributed by atoms with Gasteiger partial charge in [0.1, 0.15) is 0 Å². The molecule has 0 spiro atoms. The molecule has 1 heterocycles. The van der Waals surface area contributed by atoms with Gasteiger partial charge < -0.3 is 5.11 Å². The zero-order valence-corrected chi connectivity index (χ0v) is 9.96. The number of nitrogens with zero attached hydrogens (tertiary/aromatic N) is 1. The Kier molecular flexibility index (Phi) is 4.98. The summed E-state index contributed by atoms with van der Waals surface area (Å²) in [5.41, 5.74) is 0. The minimum Gasteiger partial charge on any atom is -0.396 e. The first-order valence-electron chi connectivity index (χ1n) is 5.45. The van der Waals surface area contributed by atoms with Gasteiger partial charge >= 0.3 is 0 Å². The Morgan fingerprint density at radius 2 is 2.00 bits per heavy atom. The molecule has 2 N–H and O–H groups in total. The molecule has 0 aromatic rings. The molecule has 0 unspecified atom stereocenters. The maximum Gasteiger partial charge on any atom is 0.279 e. The summed E-state index contributed by atoms with van der Waals surface area (Å²) in [6.07, 6.45) is 2.30.